The second kappa shape index (κ2) is 9.38. The quantitative estimate of drug-likeness (QED) is 0.667. The fraction of sp³-hybridized carbons (Fsp3) is 0.250. The summed E-state index contributed by atoms with van der Waals surface area (Å²) in [6.07, 6.45) is -0.806. The van der Waals surface area contributed by atoms with Crippen LogP contribution in [0.25, 0.3) is 0 Å². The monoisotopic (exact) mass is 399 g/mol. The van der Waals surface area contributed by atoms with Crippen molar-refractivity contribution in [2.24, 2.45) is 4.99 Å². The first-order chi connectivity index (χ1) is 13.5. The zero-order chi connectivity index (χ0) is 19.9. The molecule has 1 saturated heterocycles. The van der Waals surface area contributed by atoms with Gasteiger partial charge in [-0.3, -0.25) is 9.59 Å². The Morgan fingerprint density at radius 2 is 1.57 bits per heavy atom. The molecule has 1 fully saturated rings. The summed E-state index contributed by atoms with van der Waals surface area (Å²) in [4.78, 5) is 28.8. The highest BCUT2D eigenvalue weighted by atomic mass is 32.2. The number of amidine groups is 1. The van der Waals surface area contributed by atoms with Crippen molar-refractivity contribution in [1.29, 1.82) is 0 Å². The molecule has 0 radical (unpaired) electrons. The van der Waals surface area contributed by atoms with E-state index in [2.05, 4.69) is 58.7 Å². The van der Waals surface area contributed by atoms with Crippen LogP contribution in [0.15, 0.2) is 63.3 Å². The Balaban J connectivity index is 0.000000279. The van der Waals surface area contributed by atoms with E-state index in [1.807, 2.05) is 11.8 Å². The van der Waals surface area contributed by atoms with Crippen LogP contribution in [0.4, 0.5) is 5.69 Å². The molecule has 0 spiro atoms. The average molecular weight is 399 g/mol. The number of nitrogens with one attached hydrogen (secondary N) is 1. The summed E-state index contributed by atoms with van der Waals surface area (Å²) in [5, 5.41) is 18.8. The number of para-hydroxylation sites is 1. The van der Waals surface area contributed by atoms with Gasteiger partial charge in [0.25, 0.3) is 0 Å². The molecule has 2 aliphatic heterocycles. The molecule has 0 amide bonds. The summed E-state index contributed by atoms with van der Waals surface area (Å²) >= 11 is 1.81. The van der Waals surface area contributed by atoms with Crippen LogP contribution in [0.1, 0.15) is 12.0 Å². The van der Waals surface area contributed by atoms with Gasteiger partial charge < -0.3 is 20.4 Å². The molecule has 2 aromatic rings. The molecule has 0 atom stereocenters. The lowest BCUT2D eigenvalue weighted by atomic mass is 10.1. The Kier molecular flexibility index (Phi) is 6.67. The average Bonchev–Trinajstić information content (AvgIpc) is 2.85. The Labute approximate surface area is 167 Å². The van der Waals surface area contributed by atoms with E-state index >= 15 is 0 Å². The van der Waals surface area contributed by atoms with E-state index < -0.39 is 18.4 Å². The first-order valence-electron chi connectivity index (χ1n) is 8.89. The molecule has 4 rings (SSSR count). The largest absolute Gasteiger partial charge is 0.481 e. The topological polar surface area (TPSA) is 102 Å². The summed E-state index contributed by atoms with van der Waals surface area (Å²) in [5.74, 6) is -1.51. The van der Waals surface area contributed by atoms with E-state index in [1.165, 1.54) is 15.4 Å². The summed E-state index contributed by atoms with van der Waals surface area (Å²) in [6.45, 7) is 4.08. The number of fused-ring (bicyclic) bond motifs is 2. The third kappa shape index (κ3) is 5.11. The van der Waals surface area contributed by atoms with Crippen LogP contribution in [0, 0.1) is 0 Å². The summed E-state index contributed by atoms with van der Waals surface area (Å²) in [7, 11) is 0. The van der Waals surface area contributed by atoms with Gasteiger partial charge in [-0.05, 0) is 18.2 Å². The van der Waals surface area contributed by atoms with Crippen molar-refractivity contribution in [3.63, 3.8) is 0 Å². The minimum atomic E-state index is -1.31. The first-order valence-corrected chi connectivity index (χ1v) is 9.70. The van der Waals surface area contributed by atoms with Crippen LogP contribution in [-0.2, 0) is 9.59 Å². The molecule has 3 N–H and O–H groups in total. The van der Waals surface area contributed by atoms with Gasteiger partial charge in [-0.15, -0.1) is 0 Å². The van der Waals surface area contributed by atoms with E-state index in [0.29, 0.717) is 0 Å². The first kappa shape index (κ1) is 19.9. The minimum absolute atomic E-state index is 0.806. The number of carboxylic acid groups (broad SMARTS) is 2. The Bertz CT molecular complexity index is 883. The molecule has 2 aliphatic rings. The molecular formula is C20H21N3O4S. The van der Waals surface area contributed by atoms with Crippen LogP contribution in [0.5, 0.6) is 0 Å². The lowest BCUT2D eigenvalue weighted by Crippen LogP contribution is -2.46. The van der Waals surface area contributed by atoms with Crippen molar-refractivity contribution in [1.82, 2.24) is 10.2 Å². The number of aliphatic carboxylic acids is 2. The van der Waals surface area contributed by atoms with E-state index in [0.717, 1.165) is 37.7 Å². The van der Waals surface area contributed by atoms with Crippen LogP contribution in [-0.4, -0.2) is 59.1 Å². The van der Waals surface area contributed by atoms with Gasteiger partial charge in [0, 0.05) is 41.5 Å². The van der Waals surface area contributed by atoms with Gasteiger partial charge in [0.15, 0.2) is 0 Å². The lowest BCUT2D eigenvalue weighted by molar-refractivity contribution is -0.147. The third-order valence-electron chi connectivity index (χ3n) is 4.16. The molecule has 0 saturated carbocycles. The number of carboxylic acids is 2. The van der Waals surface area contributed by atoms with Crippen molar-refractivity contribution in [2.75, 3.05) is 26.2 Å². The minimum Gasteiger partial charge on any atom is -0.481 e. The number of rotatable bonds is 2. The van der Waals surface area contributed by atoms with Gasteiger partial charge in [0.05, 0.1) is 5.69 Å². The number of piperazine rings is 1. The second-order valence-corrected chi connectivity index (χ2v) is 7.29. The standard InChI is InChI=1S/C17H17N3S.C3H4O4/c1-3-7-15-13(5-1)17(20-11-9-18-10-12-20)19-14-6-2-4-8-16(14)21-15;4-2(5)1-3(6)7/h1-8,18H,9-12H2;1H2,(H,4,5)(H,6,7). The molecule has 0 aromatic heterocycles. The number of nitrogens with zero attached hydrogens (tertiary/aromatic N) is 2. The smallest absolute Gasteiger partial charge is 0.314 e. The second-order valence-electron chi connectivity index (χ2n) is 6.20. The van der Waals surface area contributed by atoms with Gasteiger partial charge in [0.1, 0.15) is 12.3 Å². The zero-order valence-electron chi connectivity index (χ0n) is 15.2. The lowest BCUT2D eigenvalue weighted by Gasteiger charge is -2.30. The fourth-order valence-corrected chi connectivity index (χ4v) is 3.93. The molecule has 28 heavy (non-hydrogen) atoms. The molecule has 8 heteroatoms. The predicted molar refractivity (Wildman–Crippen MR) is 108 cm³/mol. The Morgan fingerprint density at radius 3 is 2.21 bits per heavy atom. The maximum absolute atomic E-state index is 9.43. The van der Waals surface area contributed by atoms with Crippen molar-refractivity contribution in [2.45, 2.75) is 16.2 Å². The molecule has 146 valence electrons. The maximum atomic E-state index is 9.43. The van der Waals surface area contributed by atoms with Crippen molar-refractivity contribution >= 4 is 35.2 Å². The normalized spacial score (nSPS) is 15.1. The summed E-state index contributed by atoms with van der Waals surface area (Å²) in [6, 6.07) is 17.0. The van der Waals surface area contributed by atoms with Crippen LogP contribution < -0.4 is 5.32 Å². The van der Waals surface area contributed by atoms with Gasteiger partial charge in [0.2, 0.25) is 0 Å². The van der Waals surface area contributed by atoms with Gasteiger partial charge in [-0.1, -0.05) is 42.1 Å². The van der Waals surface area contributed by atoms with Gasteiger partial charge in [-0.2, -0.15) is 0 Å². The molecule has 0 bridgehead atoms. The number of hydrogen-bond donors (Lipinski definition) is 3. The maximum Gasteiger partial charge on any atom is 0.314 e. The fourth-order valence-electron chi connectivity index (χ4n) is 2.92. The van der Waals surface area contributed by atoms with E-state index in [1.54, 1.807) is 0 Å². The molecule has 2 heterocycles. The third-order valence-corrected chi connectivity index (χ3v) is 5.30. The Hall–Kier alpha value is -2.84. The van der Waals surface area contributed by atoms with Crippen molar-refractivity contribution < 1.29 is 19.8 Å². The number of aliphatic imine (C=N–C) groups is 1. The summed E-state index contributed by atoms with van der Waals surface area (Å²) < 4.78 is 0. The molecule has 2 aromatic carbocycles. The van der Waals surface area contributed by atoms with Crippen LogP contribution >= 0.6 is 11.8 Å². The molecule has 0 unspecified atom stereocenters. The number of carbonyl (C=O) groups is 2. The molecule has 0 aliphatic carbocycles. The molecular weight excluding hydrogens is 378 g/mol. The highest BCUT2D eigenvalue weighted by Gasteiger charge is 2.22. The highest BCUT2D eigenvalue weighted by Crippen LogP contribution is 2.40. The van der Waals surface area contributed by atoms with E-state index in [-0.39, 0.29) is 0 Å². The van der Waals surface area contributed by atoms with Gasteiger partial charge in [-0.25, -0.2) is 4.99 Å². The number of benzene rings is 2. The highest BCUT2D eigenvalue weighted by molar-refractivity contribution is 7.99. The van der Waals surface area contributed by atoms with Crippen molar-refractivity contribution in [3.8, 4) is 0 Å². The number of hydrogen-bond acceptors (Lipinski definition) is 6. The Morgan fingerprint density at radius 1 is 0.964 bits per heavy atom. The van der Waals surface area contributed by atoms with Gasteiger partial charge >= 0.3 is 11.9 Å². The van der Waals surface area contributed by atoms with E-state index in [4.69, 9.17) is 15.2 Å². The van der Waals surface area contributed by atoms with Crippen LogP contribution in [0.2, 0.25) is 0 Å². The van der Waals surface area contributed by atoms with Crippen molar-refractivity contribution in [3.05, 3.63) is 54.1 Å². The zero-order valence-corrected chi connectivity index (χ0v) is 16.0. The van der Waals surface area contributed by atoms with Crippen LogP contribution in [0.3, 0.4) is 0 Å². The van der Waals surface area contributed by atoms with E-state index in [9.17, 15) is 9.59 Å². The molecule has 7 nitrogen and oxygen atoms in total. The predicted octanol–water partition coefficient (Wildman–Crippen LogP) is 2.68. The SMILES string of the molecule is O=C(O)CC(=O)O.c1ccc2c(c1)N=C(N1CCNCC1)c1ccccc1S2. The summed E-state index contributed by atoms with van der Waals surface area (Å²) in [5.41, 5.74) is 2.33.